The zero-order chi connectivity index (χ0) is 37.2. The summed E-state index contributed by atoms with van der Waals surface area (Å²) in [6, 6.07) is 27.2. The molecule has 0 bridgehead atoms. The van der Waals surface area contributed by atoms with E-state index in [0.29, 0.717) is 35.0 Å². The van der Waals surface area contributed by atoms with Crippen molar-refractivity contribution < 1.29 is 25.9 Å². The topological polar surface area (TPSA) is 210 Å². The second kappa shape index (κ2) is 16.2. The Labute approximate surface area is 329 Å². The molecule has 0 aliphatic carbocycles. The molecule has 0 spiro atoms. The number of benzene rings is 6. The summed E-state index contributed by atoms with van der Waals surface area (Å²) in [6.45, 7) is 4.10. The number of hydrogen-bond donors (Lipinski definition) is 4. The van der Waals surface area contributed by atoms with E-state index in [1.54, 1.807) is 48.5 Å². The van der Waals surface area contributed by atoms with Gasteiger partial charge in [-0.1, -0.05) is 87.4 Å². The molecule has 53 heavy (non-hydrogen) atoms. The van der Waals surface area contributed by atoms with Crippen LogP contribution in [0, 0.1) is 0 Å². The summed E-state index contributed by atoms with van der Waals surface area (Å²) in [6.07, 6.45) is 3.04. The van der Waals surface area contributed by atoms with Crippen molar-refractivity contribution in [3.63, 3.8) is 0 Å². The van der Waals surface area contributed by atoms with Gasteiger partial charge in [0.1, 0.15) is 21.2 Å². The molecule has 0 fully saturated rings. The van der Waals surface area contributed by atoms with E-state index >= 15 is 0 Å². The van der Waals surface area contributed by atoms with Crippen molar-refractivity contribution in [1.82, 2.24) is 0 Å². The predicted octanol–water partition coefficient (Wildman–Crippen LogP) is 9.67. The number of nitrogens with two attached hydrogens (primary N) is 2. The molecule has 0 aliphatic heterocycles. The number of rotatable bonds is 11. The molecule has 15 heteroatoms. The van der Waals surface area contributed by atoms with Gasteiger partial charge in [0.15, 0.2) is 0 Å². The molecule has 0 atom stereocenters. The van der Waals surface area contributed by atoms with Crippen LogP contribution in [0.3, 0.4) is 0 Å². The van der Waals surface area contributed by atoms with Crippen molar-refractivity contribution in [2.45, 2.75) is 49.3 Å². The Hall–Kier alpha value is -4.54. The first-order chi connectivity index (χ1) is 24.8. The molecule has 0 aliphatic rings. The van der Waals surface area contributed by atoms with Gasteiger partial charge in [-0.25, -0.2) is 0 Å². The first-order valence-corrected chi connectivity index (χ1v) is 19.3. The van der Waals surface area contributed by atoms with Gasteiger partial charge in [-0.2, -0.15) is 27.1 Å². The van der Waals surface area contributed by atoms with Crippen LogP contribution in [-0.4, -0.2) is 55.5 Å². The van der Waals surface area contributed by atoms with Crippen LogP contribution in [0.1, 0.15) is 37.8 Å². The fraction of sp³-hybridized carbons (Fsp3) is 0.158. The maximum absolute atomic E-state index is 12.2. The molecule has 6 N–H and O–H groups in total. The number of aryl methyl sites for hydroxylation is 2. The van der Waals surface area contributed by atoms with Gasteiger partial charge >= 0.3 is 0 Å². The van der Waals surface area contributed by atoms with E-state index in [4.69, 9.17) is 11.5 Å². The van der Waals surface area contributed by atoms with E-state index in [1.165, 1.54) is 12.1 Å². The molecule has 0 unspecified atom stereocenters. The van der Waals surface area contributed by atoms with E-state index in [1.807, 2.05) is 50.2 Å². The van der Waals surface area contributed by atoms with Crippen LogP contribution >= 0.6 is 0 Å². The molecular formula is C38H36N6NaO6S2. The molecule has 0 amide bonds. The molecule has 267 valence electrons. The maximum Gasteiger partial charge on any atom is 0.295 e. The predicted molar refractivity (Wildman–Crippen MR) is 210 cm³/mol. The van der Waals surface area contributed by atoms with Crippen LogP contribution in [-0.2, 0) is 33.1 Å². The molecule has 6 aromatic carbocycles. The van der Waals surface area contributed by atoms with Gasteiger partial charge in [0, 0.05) is 51.1 Å². The van der Waals surface area contributed by atoms with Crippen LogP contribution in [0.4, 0.5) is 34.1 Å². The smallest absolute Gasteiger partial charge is 0.295 e. The maximum atomic E-state index is 12.2. The van der Waals surface area contributed by atoms with E-state index in [2.05, 4.69) is 20.5 Å². The van der Waals surface area contributed by atoms with Crippen molar-refractivity contribution in [3.05, 3.63) is 108 Å². The summed E-state index contributed by atoms with van der Waals surface area (Å²) in [5.41, 5.74) is 18.3. The molecule has 6 aromatic rings. The SMILES string of the molecule is CCCc1cc(-c2ccc(N=Nc3cc(S(=O)(=O)O)c4ccccc4c3N)c(CCC)c2)ccc1N=Nc1cc(S(=O)(=O)O)c2ccccc2c1N.[Na]. The van der Waals surface area contributed by atoms with E-state index < -0.39 is 20.2 Å². The summed E-state index contributed by atoms with van der Waals surface area (Å²) in [5.74, 6) is 0. The van der Waals surface area contributed by atoms with E-state index in [9.17, 15) is 25.9 Å². The number of fused-ring (bicyclic) bond motifs is 2. The van der Waals surface area contributed by atoms with E-state index in [0.717, 1.165) is 35.1 Å². The van der Waals surface area contributed by atoms with Gasteiger partial charge in [0.2, 0.25) is 0 Å². The van der Waals surface area contributed by atoms with Crippen molar-refractivity contribution in [2.24, 2.45) is 20.5 Å². The average molecular weight is 760 g/mol. The number of nitrogen functional groups attached to an aromatic ring is 2. The monoisotopic (exact) mass is 759 g/mol. The Morgan fingerprint density at radius 2 is 0.849 bits per heavy atom. The van der Waals surface area contributed by atoms with Crippen LogP contribution in [0.2, 0.25) is 0 Å². The van der Waals surface area contributed by atoms with Crippen LogP contribution in [0.25, 0.3) is 32.7 Å². The Balaban J connectivity index is 0.00000541. The Kier molecular flexibility index (Phi) is 12.1. The Bertz CT molecular complexity index is 2470. The van der Waals surface area contributed by atoms with Gasteiger partial charge < -0.3 is 11.5 Å². The number of hydrogen-bond acceptors (Lipinski definition) is 10. The molecule has 0 aromatic heterocycles. The first-order valence-electron chi connectivity index (χ1n) is 16.5. The fourth-order valence-corrected chi connectivity index (χ4v) is 7.61. The average Bonchev–Trinajstić information content (AvgIpc) is 3.11. The third-order valence-corrected chi connectivity index (χ3v) is 10.5. The molecule has 0 heterocycles. The zero-order valence-electron chi connectivity index (χ0n) is 29.4. The molecule has 6 rings (SSSR count). The third kappa shape index (κ3) is 8.49. The summed E-state index contributed by atoms with van der Waals surface area (Å²) in [7, 11) is -9.11. The van der Waals surface area contributed by atoms with Crippen molar-refractivity contribution >= 4 is 105 Å². The van der Waals surface area contributed by atoms with Gasteiger partial charge in [-0.3, -0.25) is 9.11 Å². The molecular weight excluding hydrogens is 724 g/mol. The minimum absolute atomic E-state index is 0. The summed E-state index contributed by atoms with van der Waals surface area (Å²) < 4.78 is 68.5. The number of azo groups is 2. The molecule has 0 saturated heterocycles. The van der Waals surface area contributed by atoms with Crippen LogP contribution in [0.15, 0.2) is 127 Å². The molecule has 0 saturated carbocycles. The molecule has 1 radical (unpaired) electrons. The fourth-order valence-electron chi connectivity index (χ4n) is 6.17. The van der Waals surface area contributed by atoms with Gasteiger partial charge in [0.25, 0.3) is 20.2 Å². The summed E-state index contributed by atoms with van der Waals surface area (Å²) >= 11 is 0. The second-order valence-corrected chi connectivity index (χ2v) is 15.0. The quantitative estimate of drug-likeness (QED) is 0.0431. The minimum Gasteiger partial charge on any atom is -0.396 e. The molecule has 12 nitrogen and oxygen atoms in total. The largest absolute Gasteiger partial charge is 0.396 e. The van der Waals surface area contributed by atoms with Gasteiger partial charge in [-0.05, 0) is 71.5 Å². The summed E-state index contributed by atoms with van der Waals surface area (Å²) in [4.78, 5) is -0.602. The van der Waals surface area contributed by atoms with Crippen molar-refractivity contribution in [2.75, 3.05) is 11.5 Å². The Morgan fingerprint density at radius 3 is 1.19 bits per heavy atom. The van der Waals surface area contributed by atoms with Crippen molar-refractivity contribution in [3.8, 4) is 11.1 Å². The summed E-state index contributed by atoms with van der Waals surface area (Å²) in [5, 5.41) is 19.0. The van der Waals surface area contributed by atoms with E-state index in [-0.39, 0.29) is 72.9 Å². The normalized spacial score (nSPS) is 12.2. The van der Waals surface area contributed by atoms with Gasteiger partial charge in [-0.15, -0.1) is 10.2 Å². The third-order valence-electron chi connectivity index (χ3n) is 8.67. The standard InChI is InChI=1S/C38H36N6O6S2.Na/c1-3-9-25-19-23(15-17-31(25)41-43-33-21-35(51(45,46)47)27-11-5-7-13-29(27)37(33)39)24-16-18-32(26(20-24)10-4-2)42-44-34-22-36(52(48,49)50)28-12-6-8-14-30(28)38(34)40;/h5-8,11-22H,3-4,9-10,39-40H2,1-2H3,(H,45,46,47)(H,48,49,50);. The van der Waals surface area contributed by atoms with Crippen LogP contribution < -0.4 is 11.5 Å². The first kappa shape index (κ1) is 39.7. The zero-order valence-corrected chi connectivity index (χ0v) is 33.0. The Morgan fingerprint density at radius 1 is 0.509 bits per heavy atom. The minimum atomic E-state index is -4.56. The number of nitrogens with zero attached hydrogens (tertiary/aromatic N) is 4. The van der Waals surface area contributed by atoms with Crippen molar-refractivity contribution in [1.29, 1.82) is 0 Å². The van der Waals surface area contributed by atoms with Crippen LogP contribution in [0.5, 0.6) is 0 Å². The van der Waals surface area contributed by atoms with Gasteiger partial charge in [0.05, 0.1) is 22.7 Å². The second-order valence-electron chi connectivity index (χ2n) is 12.2. The number of anilines is 2.